The van der Waals surface area contributed by atoms with Crippen LogP contribution in [0.4, 0.5) is 16.2 Å². The van der Waals surface area contributed by atoms with E-state index < -0.39 is 10.0 Å². The summed E-state index contributed by atoms with van der Waals surface area (Å²) in [6.45, 7) is 2.83. The second kappa shape index (κ2) is 8.50. The monoisotopic (exact) mass is 433 g/mol. The third-order valence-electron chi connectivity index (χ3n) is 5.51. The molecule has 10 heteroatoms. The molecule has 2 aromatic carbocycles. The van der Waals surface area contributed by atoms with E-state index in [4.69, 9.17) is 4.74 Å². The molecule has 2 heterocycles. The molecule has 160 valence electrons. The quantitative estimate of drug-likeness (QED) is 0.780. The van der Waals surface area contributed by atoms with E-state index in [9.17, 15) is 18.1 Å². The summed E-state index contributed by atoms with van der Waals surface area (Å²) in [7, 11) is -3.65. The normalized spacial score (nSPS) is 17.6. The zero-order chi connectivity index (χ0) is 20.6. The van der Waals surface area contributed by atoms with Gasteiger partial charge in [0.1, 0.15) is 6.61 Å². The highest BCUT2D eigenvalue weighted by atomic mass is 32.2. The lowest BCUT2D eigenvalue weighted by Crippen LogP contribution is -2.55. The predicted octanol–water partition coefficient (Wildman–Crippen LogP) is 1.61. The Balaban J connectivity index is 0.00000256. The van der Waals surface area contributed by atoms with Gasteiger partial charge in [-0.2, -0.15) is 4.31 Å². The van der Waals surface area contributed by atoms with E-state index >= 15 is 0 Å². The molecule has 0 aromatic heterocycles. The van der Waals surface area contributed by atoms with Gasteiger partial charge in [0.15, 0.2) is 0 Å². The summed E-state index contributed by atoms with van der Waals surface area (Å²) in [6, 6.07) is 11.4. The number of hydrogen-bond acceptors (Lipinski definition) is 6. The summed E-state index contributed by atoms with van der Waals surface area (Å²) in [5.74, 6) is 0. The Morgan fingerprint density at radius 2 is 1.73 bits per heavy atom. The molecule has 0 aliphatic carbocycles. The molecule has 2 N–H and O–H groups in total. The van der Waals surface area contributed by atoms with E-state index in [1.54, 1.807) is 10.1 Å². The molecule has 1 fully saturated rings. The van der Waals surface area contributed by atoms with Crippen LogP contribution in [0, 0.1) is 11.8 Å². The van der Waals surface area contributed by atoms with Gasteiger partial charge in [-0.05, 0) is 37.5 Å². The minimum atomic E-state index is -3.65. The first kappa shape index (κ1) is 21.9. The Labute approximate surface area is 174 Å². The molecule has 1 saturated heterocycles. The van der Waals surface area contributed by atoms with Crippen molar-refractivity contribution in [2.45, 2.75) is 37.3 Å². The Kier molecular flexibility index (Phi) is 6.20. The fourth-order valence-corrected chi connectivity index (χ4v) is 5.47. The van der Waals surface area contributed by atoms with E-state index in [2.05, 4.69) is 0 Å². The molecule has 2 aliphatic heterocycles. The van der Waals surface area contributed by atoms with E-state index in [0.29, 0.717) is 31.6 Å². The van der Waals surface area contributed by atoms with Crippen molar-refractivity contribution in [3.8, 4) is 0 Å². The van der Waals surface area contributed by atoms with Gasteiger partial charge in [0, 0.05) is 46.9 Å². The first-order valence-electron chi connectivity index (χ1n) is 9.44. The minimum Gasteiger partial charge on any atom is -0.870 e. The largest absolute Gasteiger partial charge is 0.870 e. The number of aryl methyl sites for hydroxylation is 1. The summed E-state index contributed by atoms with van der Waals surface area (Å²) in [5.41, 5.74) is 3.15. The molecular weight excluding hydrogens is 410 g/mol. The van der Waals surface area contributed by atoms with Crippen LogP contribution < -0.4 is 10.1 Å². The highest BCUT2D eigenvalue weighted by Gasteiger charge is 2.37. The van der Waals surface area contributed by atoms with E-state index in [0.717, 1.165) is 16.8 Å². The van der Waals surface area contributed by atoms with Crippen LogP contribution in [0.2, 0.25) is 0 Å². The van der Waals surface area contributed by atoms with Crippen molar-refractivity contribution in [3.63, 3.8) is 0 Å². The Morgan fingerprint density at radius 1 is 1.07 bits per heavy atom. The number of ether oxygens (including phenoxy) is 1. The molecular formula is C20H23N3O6S. The van der Waals surface area contributed by atoms with Crippen LogP contribution in [-0.2, 0) is 21.4 Å². The van der Waals surface area contributed by atoms with Crippen molar-refractivity contribution in [3.05, 3.63) is 58.5 Å². The number of anilines is 1. The van der Waals surface area contributed by atoms with Crippen LogP contribution >= 0.6 is 0 Å². The average Bonchev–Trinajstić information content (AvgIpc) is 2.74. The number of carbonyl (C=O) groups is 1. The second-order valence-corrected chi connectivity index (χ2v) is 9.21. The number of amides is 1. The first-order valence-corrected chi connectivity index (χ1v) is 10.9. The number of nitrogens with one attached hydrogen (secondary N) is 1. The third kappa shape index (κ3) is 3.81. The van der Waals surface area contributed by atoms with Gasteiger partial charge in [-0.3, -0.25) is 4.90 Å². The fourth-order valence-electron chi connectivity index (χ4n) is 4.00. The standard InChI is InChI=1S/C20H21N3O5S.H2O/c1-14-3-2-4-15-13-28-20(24)23(19(14)15)17-9-11-22(12-10-17)29(26,27)18-7-5-16(21-25)6-8-18;/h2-8,17H,9-13H2,1H3;1H2. The number of rotatable bonds is 4. The lowest BCUT2D eigenvalue weighted by molar-refractivity contribution is -0.379. The van der Waals surface area contributed by atoms with Crippen LogP contribution in [0.15, 0.2) is 47.4 Å². The van der Waals surface area contributed by atoms with Gasteiger partial charge in [-0.15, -0.1) is 0 Å². The number of cyclic esters (lactones) is 1. The Hall–Kier alpha value is -2.82. The molecule has 1 amide bonds. The molecule has 9 nitrogen and oxygen atoms in total. The minimum absolute atomic E-state index is 0. The van der Waals surface area contributed by atoms with Crippen LogP contribution in [0.1, 0.15) is 24.0 Å². The maximum absolute atomic E-state index is 12.9. The molecule has 0 atom stereocenters. The molecule has 0 radical (unpaired) electrons. The molecule has 0 bridgehead atoms. The summed E-state index contributed by atoms with van der Waals surface area (Å²) in [5, 5.41) is 1.74. The number of fused-ring (bicyclic) bond motifs is 1. The number of piperidine rings is 1. The van der Waals surface area contributed by atoms with E-state index in [1.165, 1.54) is 28.6 Å². The highest BCUT2D eigenvalue weighted by molar-refractivity contribution is 7.89. The van der Waals surface area contributed by atoms with Gasteiger partial charge in [0.2, 0.25) is 10.0 Å². The molecule has 2 aliphatic rings. The summed E-state index contributed by atoms with van der Waals surface area (Å²) in [6.07, 6.45) is 0.652. The molecule has 30 heavy (non-hydrogen) atoms. The van der Waals surface area contributed by atoms with Crippen molar-refractivity contribution >= 4 is 27.5 Å². The Morgan fingerprint density at radius 3 is 2.37 bits per heavy atom. The number of carbonyl (C=O) groups excluding carboxylic acids is 1. The zero-order valence-corrected chi connectivity index (χ0v) is 17.3. The van der Waals surface area contributed by atoms with Crippen molar-refractivity contribution in [2.75, 3.05) is 18.0 Å². The first-order chi connectivity index (χ1) is 13.9. The van der Waals surface area contributed by atoms with Gasteiger partial charge < -0.3 is 10.2 Å². The van der Waals surface area contributed by atoms with Gasteiger partial charge in [0.05, 0.1) is 10.6 Å². The Bertz CT molecular complexity index is 1050. The zero-order valence-electron chi connectivity index (χ0n) is 16.4. The van der Waals surface area contributed by atoms with Crippen LogP contribution in [0.25, 0.3) is 0 Å². The maximum atomic E-state index is 12.9. The van der Waals surface area contributed by atoms with Crippen LogP contribution in [0.5, 0.6) is 0 Å². The third-order valence-corrected chi connectivity index (χ3v) is 7.42. The SMILES string of the molecule is Cc1cccc2c1N(C1CCN(S(=O)(=O)c3ccc([NH+]=O)cc3)CC1)C(=O)OC2.[OH-]. The van der Waals surface area contributed by atoms with E-state index in [1.807, 2.05) is 25.1 Å². The summed E-state index contributed by atoms with van der Waals surface area (Å²) < 4.78 is 32.6. The van der Waals surface area contributed by atoms with Crippen molar-refractivity contribution in [1.29, 1.82) is 0 Å². The molecule has 4 rings (SSSR count). The number of hydrogen-bond donors (Lipinski definition) is 1. The van der Waals surface area contributed by atoms with Crippen molar-refractivity contribution < 1.29 is 28.6 Å². The number of benzene rings is 2. The molecule has 0 unspecified atom stereocenters. The van der Waals surface area contributed by atoms with Crippen LogP contribution in [0.3, 0.4) is 0 Å². The topological polar surface area (TPSA) is 128 Å². The number of sulfonamides is 1. The highest BCUT2D eigenvalue weighted by Crippen LogP contribution is 2.35. The van der Waals surface area contributed by atoms with E-state index in [-0.39, 0.29) is 29.1 Å². The van der Waals surface area contributed by atoms with Crippen molar-refractivity contribution in [2.24, 2.45) is 0 Å². The molecule has 0 spiro atoms. The fraction of sp³-hybridized carbons (Fsp3) is 0.350. The maximum Gasteiger partial charge on any atom is 0.414 e. The molecule has 0 saturated carbocycles. The number of nitrogens with zero attached hydrogens (tertiary/aromatic N) is 2. The number of para-hydroxylation sites is 1. The summed E-state index contributed by atoms with van der Waals surface area (Å²) >= 11 is 0. The van der Waals surface area contributed by atoms with Gasteiger partial charge in [-0.1, -0.05) is 18.2 Å². The average molecular weight is 433 g/mol. The molecule has 2 aromatic rings. The second-order valence-electron chi connectivity index (χ2n) is 7.27. The smallest absolute Gasteiger partial charge is 0.414 e. The van der Waals surface area contributed by atoms with Gasteiger partial charge >= 0.3 is 6.09 Å². The van der Waals surface area contributed by atoms with Gasteiger partial charge in [-0.25, -0.2) is 13.2 Å². The lowest BCUT2D eigenvalue weighted by Gasteiger charge is -2.40. The summed E-state index contributed by atoms with van der Waals surface area (Å²) in [4.78, 5) is 25.0. The van der Waals surface area contributed by atoms with Crippen molar-refractivity contribution in [1.82, 2.24) is 4.31 Å². The predicted molar refractivity (Wildman–Crippen MR) is 108 cm³/mol. The van der Waals surface area contributed by atoms with Gasteiger partial charge in [0.25, 0.3) is 5.69 Å². The lowest BCUT2D eigenvalue weighted by atomic mass is 10.00. The van der Waals surface area contributed by atoms with Crippen LogP contribution in [-0.4, -0.2) is 43.4 Å². The number of nitroso groups, excluding NO2 is 1.